The van der Waals surface area contributed by atoms with E-state index in [2.05, 4.69) is 12.2 Å². The molecule has 1 aromatic rings. The molecule has 4 heteroatoms. The monoisotopic (exact) mass is 285 g/mol. The molecule has 2 unspecified atom stereocenters. The van der Waals surface area contributed by atoms with Crippen molar-refractivity contribution in [2.45, 2.75) is 25.2 Å². The highest BCUT2D eigenvalue weighted by Gasteiger charge is 2.47. The molecule has 0 saturated heterocycles. The number of benzene rings is 1. The fraction of sp³-hybridized carbons (Fsp3) is 0.600. The normalized spacial score (nSPS) is 26.2. The molecule has 19 heavy (non-hydrogen) atoms. The van der Waals surface area contributed by atoms with E-state index in [4.69, 9.17) is 16.3 Å². The first-order valence-corrected chi connectivity index (χ1v) is 7.14. The SMILES string of the molecule is COCCNCC1(c2c(F)cccc2Cl)CCC1C. The van der Waals surface area contributed by atoms with Gasteiger partial charge in [-0.15, -0.1) is 0 Å². The summed E-state index contributed by atoms with van der Waals surface area (Å²) in [7, 11) is 1.68. The van der Waals surface area contributed by atoms with Gasteiger partial charge >= 0.3 is 0 Å². The molecule has 0 aliphatic heterocycles. The van der Waals surface area contributed by atoms with Crippen LogP contribution in [0.25, 0.3) is 0 Å². The first-order valence-electron chi connectivity index (χ1n) is 6.76. The second-order valence-corrected chi connectivity index (χ2v) is 5.77. The molecule has 106 valence electrons. The summed E-state index contributed by atoms with van der Waals surface area (Å²) in [5.41, 5.74) is 0.510. The molecule has 2 atom stereocenters. The smallest absolute Gasteiger partial charge is 0.128 e. The zero-order valence-corrected chi connectivity index (χ0v) is 12.3. The fourth-order valence-electron chi connectivity index (χ4n) is 2.96. The van der Waals surface area contributed by atoms with Crippen LogP contribution in [-0.2, 0) is 10.2 Å². The molecule has 0 heterocycles. The largest absolute Gasteiger partial charge is 0.383 e. The lowest BCUT2D eigenvalue weighted by Gasteiger charge is -2.49. The molecule has 1 fully saturated rings. The van der Waals surface area contributed by atoms with Crippen LogP contribution in [0.4, 0.5) is 4.39 Å². The molecular formula is C15H21ClFNO. The van der Waals surface area contributed by atoms with Crippen molar-refractivity contribution < 1.29 is 9.13 Å². The first kappa shape index (κ1) is 14.8. The van der Waals surface area contributed by atoms with E-state index in [1.807, 2.05) is 0 Å². The van der Waals surface area contributed by atoms with Crippen molar-refractivity contribution in [1.29, 1.82) is 0 Å². The molecule has 2 nitrogen and oxygen atoms in total. The van der Waals surface area contributed by atoms with E-state index >= 15 is 0 Å². The number of methoxy groups -OCH3 is 1. The lowest BCUT2D eigenvalue weighted by Crippen LogP contribution is -2.51. The van der Waals surface area contributed by atoms with Gasteiger partial charge in [0.2, 0.25) is 0 Å². The van der Waals surface area contributed by atoms with Gasteiger partial charge in [0.25, 0.3) is 0 Å². The Labute approximate surface area is 119 Å². The molecule has 0 amide bonds. The molecular weight excluding hydrogens is 265 g/mol. The standard InChI is InChI=1S/C15H21ClFNO/c1-11-6-7-15(11,10-18-8-9-19-2)14-12(16)4-3-5-13(14)17/h3-5,11,18H,6-10H2,1-2H3. The third kappa shape index (κ3) is 2.78. The van der Waals surface area contributed by atoms with Crippen LogP contribution in [0.3, 0.4) is 0 Å². The summed E-state index contributed by atoms with van der Waals surface area (Å²) in [5.74, 6) is 0.254. The van der Waals surface area contributed by atoms with E-state index in [1.54, 1.807) is 19.2 Å². The van der Waals surface area contributed by atoms with Gasteiger partial charge in [0.05, 0.1) is 6.61 Å². The minimum absolute atomic E-state index is 0.170. The zero-order valence-electron chi connectivity index (χ0n) is 11.5. The van der Waals surface area contributed by atoms with Crippen LogP contribution in [0, 0.1) is 11.7 Å². The predicted molar refractivity (Wildman–Crippen MR) is 76.2 cm³/mol. The van der Waals surface area contributed by atoms with Gasteiger partial charge in [-0.05, 0) is 30.9 Å². The lowest BCUT2D eigenvalue weighted by atomic mass is 9.57. The van der Waals surface area contributed by atoms with Gasteiger partial charge in [-0.2, -0.15) is 0 Å². The Morgan fingerprint density at radius 3 is 2.84 bits per heavy atom. The Bertz CT molecular complexity index is 420. The van der Waals surface area contributed by atoms with Crippen molar-refractivity contribution in [2.24, 2.45) is 5.92 Å². The molecule has 0 bridgehead atoms. The maximum Gasteiger partial charge on any atom is 0.128 e. The van der Waals surface area contributed by atoms with E-state index in [0.29, 0.717) is 23.1 Å². The Morgan fingerprint density at radius 1 is 1.53 bits per heavy atom. The van der Waals surface area contributed by atoms with Gasteiger partial charge in [0, 0.05) is 36.2 Å². The van der Waals surface area contributed by atoms with Crippen molar-refractivity contribution in [2.75, 3.05) is 26.8 Å². The Kier molecular flexibility index (Phi) is 4.82. The van der Waals surface area contributed by atoms with Crippen LogP contribution in [0.5, 0.6) is 0 Å². The molecule has 1 aromatic carbocycles. The van der Waals surface area contributed by atoms with Crippen LogP contribution in [-0.4, -0.2) is 26.8 Å². The van der Waals surface area contributed by atoms with Crippen LogP contribution in [0.2, 0.25) is 5.02 Å². The van der Waals surface area contributed by atoms with Crippen LogP contribution in [0.1, 0.15) is 25.3 Å². The van der Waals surface area contributed by atoms with Gasteiger partial charge in [0.15, 0.2) is 0 Å². The molecule has 0 aromatic heterocycles. The van der Waals surface area contributed by atoms with E-state index in [9.17, 15) is 4.39 Å². The molecule has 1 N–H and O–H groups in total. The summed E-state index contributed by atoms with van der Waals surface area (Å²) in [4.78, 5) is 0. The Morgan fingerprint density at radius 2 is 2.32 bits per heavy atom. The first-order chi connectivity index (χ1) is 9.12. The molecule has 1 saturated carbocycles. The summed E-state index contributed by atoms with van der Waals surface area (Å²) in [5, 5.41) is 3.90. The molecule has 1 aliphatic rings. The van der Waals surface area contributed by atoms with Gasteiger partial charge in [-0.3, -0.25) is 0 Å². The van der Waals surface area contributed by atoms with Crippen molar-refractivity contribution in [3.05, 3.63) is 34.6 Å². The Balaban J connectivity index is 2.20. The number of ether oxygens (including phenoxy) is 1. The average Bonchev–Trinajstić information content (AvgIpc) is 2.39. The number of rotatable bonds is 6. The average molecular weight is 286 g/mol. The fourth-order valence-corrected chi connectivity index (χ4v) is 3.31. The number of hydrogen-bond acceptors (Lipinski definition) is 2. The van der Waals surface area contributed by atoms with Crippen molar-refractivity contribution >= 4 is 11.6 Å². The summed E-state index contributed by atoms with van der Waals surface area (Å²) >= 11 is 6.24. The minimum Gasteiger partial charge on any atom is -0.383 e. The van der Waals surface area contributed by atoms with E-state index in [-0.39, 0.29) is 11.2 Å². The summed E-state index contributed by atoms with van der Waals surface area (Å²) in [6.07, 6.45) is 2.10. The van der Waals surface area contributed by atoms with Gasteiger partial charge < -0.3 is 10.1 Å². The summed E-state index contributed by atoms with van der Waals surface area (Å²) in [6, 6.07) is 4.95. The van der Waals surface area contributed by atoms with E-state index in [1.165, 1.54) is 6.07 Å². The summed E-state index contributed by atoms with van der Waals surface area (Å²) < 4.78 is 19.2. The third-order valence-electron chi connectivity index (χ3n) is 4.35. The van der Waals surface area contributed by atoms with Crippen molar-refractivity contribution in [3.8, 4) is 0 Å². The quantitative estimate of drug-likeness (QED) is 0.809. The van der Waals surface area contributed by atoms with Crippen molar-refractivity contribution in [1.82, 2.24) is 5.32 Å². The molecule has 0 radical (unpaired) electrons. The predicted octanol–water partition coefficient (Wildman–Crippen LogP) is 3.38. The van der Waals surface area contributed by atoms with Crippen LogP contribution >= 0.6 is 11.6 Å². The molecule has 0 spiro atoms. The third-order valence-corrected chi connectivity index (χ3v) is 4.67. The number of hydrogen-bond donors (Lipinski definition) is 1. The zero-order chi connectivity index (χ0) is 13.9. The van der Waals surface area contributed by atoms with E-state index in [0.717, 1.165) is 25.9 Å². The highest BCUT2D eigenvalue weighted by Crippen LogP contribution is 2.51. The highest BCUT2D eigenvalue weighted by molar-refractivity contribution is 6.31. The topological polar surface area (TPSA) is 21.3 Å². The summed E-state index contributed by atoms with van der Waals surface area (Å²) in [6.45, 7) is 4.36. The van der Waals surface area contributed by atoms with Gasteiger partial charge in [-0.25, -0.2) is 4.39 Å². The maximum atomic E-state index is 14.2. The van der Waals surface area contributed by atoms with Crippen LogP contribution < -0.4 is 5.32 Å². The maximum absolute atomic E-state index is 14.2. The second-order valence-electron chi connectivity index (χ2n) is 5.36. The van der Waals surface area contributed by atoms with Crippen LogP contribution in [0.15, 0.2) is 18.2 Å². The number of nitrogens with one attached hydrogen (secondary N) is 1. The number of halogens is 2. The lowest BCUT2D eigenvalue weighted by molar-refractivity contribution is 0.123. The van der Waals surface area contributed by atoms with Gasteiger partial charge in [0.1, 0.15) is 5.82 Å². The molecule has 2 rings (SSSR count). The van der Waals surface area contributed by atoms with E-state index < -0.39 is 0 Å². The molecule has 1 aliphatic carbocycles. The Hall–Kier alpha value is -0.640. The van der Waals surface area contributed by atoms with Crippen molar-refractivity contribution in [3.63, 3.8) is 0 Å². The second kappa shape index (κ2) is 6.21. The minimum atomic E-state index is -0.187. The highest BCUT2D eigenvalue weighted by atomic mass is 35.5. The van der Waals surface area contributed by atoms with Gasteiger partial charge in [-0.1, -0.05) is 24.6 Å².